The van der Waals surface area contributed by atoms with E-state index in [9.17, 15) is 8.42 Å². The molecule has 0 spiro atoms. The van der Waals surface area contributed by atoms with Crippen molar-refractivity contribution >= 4 is 22.0 Å². The van der Waals surface area contributed by atoms with Crippen molar-refractivity contribution in [2.75, 3.05) is 39.3 Å². The molecule has 0 saturated carbocycles. The maximum atomic E-state index is 11.8. The lowest BCUT2D eigenvalue weighted by Gasteiger charge is -2.07. The number of hydrogen-bond donors (Lipinski definition) is 2. The largest absolute Gasteiger partial charge is 0.361 e. The van der Waals surface area contributed by atoms with E-state index >= 15 is 0 Å². The fourth-order valence-corrected chi connectivity index (χ4v) is 3.39. The third-order valence-corrected chi connectivity index (χ3v) is 5.00. The maximum Gasteiger partial charge on any atom is 0.163 e. The van der Waals surface area contributed by atoms with Crippen LogP contribution in [0.15, 0.2) is 6.20 Å². The second kappa shape index (κ2) is 9.12. The van der Waals surface area contributed by atoms with Gasteiger partial charge in [0, 0.05) is 18.1 Å². The zero-order chi connectivity index (χ0) is 16.6. The highest BCUT2D eigenvalue weighted by Gasteiger charge is 2.08. The highest BCUT2D eigenvalue weighted by atomic mass is 32.2. The zero-order valence-corrected chi connectivity index (χ0v) is 15.0. The zero-order valence-electron chi connectivity index (χ0n) is 14.1. The van der Waals surface area contributed by atoms with Gasteiger partial charge >= 0.3 is 0 Å². The van der Waals surface area contributed by atoms with E-state index in [1.165, 1.54) is 5.56 Å². The first-order chi connectivity index (χ1) is 10.4. The number of nitrogens with one attached hydrogen (secondary N) is 2. The van der Waals surface area contributed by atoms with Crippen molar-refractivity contribution in [1.82, 2.24) is 15.2 Å². The second-order valence-corrected chi connectivity index (χ2v) is 7.93. The smallest absolute Gasteiger partial charge is 0.163 e. The maximum absolute atomic E-state index is 11.8. The van der Waals surface area contributed by atoms with Crippen molar-refractivity contribution in [3.63, 3.8) is 0 Å². The summed E-state index contributed by atoms with van der Waals surface area (Å²) in [7, 11) is 2.74. The van der Waals surface area contributed by atoms with E-state index in [1.54, 1.807) is 7.05 Å². The monoisotopic (exact) mass is 327 g/mol. The summed E-state index contributed by atoms with van der Waals surface area (Å²) in [6.45, 7) is 3.07. The van der Waals surface area contributed by atoms with Crippen LogP contribution in [0.1, 0.15) is 25.3 Å². The van der Waals surface area contributed by atoms with Gasteiger partial charge in [-0.3, -0.25) is 0 Å². The summed E-state index contributed by atoms with van der Waals surface area (Å²) in [5.74, 6) is 0.215. The summed E-state index contributed by atoms with van der Waals surface area (Å²) in [4.78, 5) is 5.45. The van der Waals surface area contributed by atoms with Gasteiger partial charge in [0.05, 0.1) is 11.6 Å². The summed E-state index contributed by atoms with van der Waals surface area (Å²) < 4.78 is 23.5. The van der Waals surface area contributed by atoms with Crippen LogP contribution in [-0.4, -0.2) is 57.6 Å². The molecular weight excluding hydrogens is 298 g/mol. The van der Waals surface area contributed by atoms with Crippen LogP contribution in [0.25, 0.3) is 12.2 Å². The summed E-state index contributed by atoms with van der Waals surface area (Å²) in [5.41, 5.74) is 1.25. The predicted octanol–water partition coefficient (Wildman–Crippen LogP) is 0.0716. The Morgan fingerprint density at radius 3 is 2.64 bits per heavy atom. The second-order valence-electron chi connectivity index (χ2n) is 5.75. The van der Waals surface area contributed by atoms with Crippen LogP contribution in [0, 0.1) is 0 Å². The Morgan fingerprint density at radius 2 is 2.05 bits per heavy atom. The molecule has 0 aromatic carbocycles. The van der Waals surface area contributed by atoms with Crippen molar-refractivity contribution < 1.29 is 8.42 Å². The number of aromatic amines is 1. The molecule has 6 heteroatoms. The Kier molecular flexibility index (Phi) is 7.85. The topological polar surface area (TPSA) is 65.2 Å². The highest BCUT2D eigenvalue weighted by Crippen LogP contribution is 1.96. The van der Waals surface area contributed by atoms with Crippen LogP contribution in [0.2, 0.25) is 0 Å². The van der Waals surface area contributed by atoms with Gasteiger partial charge in [-0.2, -0.15) is 0 Å². The minimum Gasteiger partial charge on any atom is -0.361 e. The van der Waals surface area contributed by atoms with Crippen molar-refractivity contribution in [1.29, 1.82) is 0 Å². The summed E-state index contributed by atoms with van der Waals surface area (Å²) >= 11 is 0. The third-order valence-electron chi connectivity index (χ3n) is 3.42. The molecule has 5 nitrogen and oxygen atoms in total. The van der Waals surface area contributed by atoms with E-state index in [4.69, 9.17) is 0 Å². The van der Waals surface area contributed by atoms with E-state index in [-0.39, 0.29) is 11.6 Å². The van der Waals surface area contributed by atoms with Crippen LogP contribution in [0.5, 0.6) is 0 Å². The van der Waals surface area contributed by atoms with E-state index in [0.29, 0.717) is 6.42 Å². The quantitative estimate of drug-likeness (QED) is 0.674. The van der Waals surface area contributed by atoms with Gasteiger partial charge in [-0.15, -0.1) is 0 Å². The molecule has 1 heterocycles. The van der Waals surface area contributed by atoms with Gasteiger partial charge < -0.3 is 15.2 Å². The van der Waals surface area contributed by atoms with Gasteiger partial charge in [0.2, 0.25) is 0 Å². The van der Waals surface area contributed by atoms with Gasteiger partial charge in [0.25, 0.3) is 0 Å². The van der Waals surface area contributed by atoms with Crippen LogP contribution in [0.3, 0.4) is 0 Å². The average molecular weight is 327 g/mol. The fraction of sp³-hybridized carbons (Fsp3) is 0.625. The summed E-state index contributed by atoms with van der Waals surface area (Å²) in [5, 5.41) is 4.96. The lowest BCUT2D eigenvalue weighted by molar-refractivity contribution is 0.413. The standard InChI is InChI=1S/C16H29N3O2S/c1-5-7-16-15(8-6-11-22(20,21)13-17-2)14(12-18-16)9-10-19(3)4/h7-8,12,17-18H,5-6,9-11,13H2,1-4H3/b15-8-,16-7+. The Labute approximate surface area is 134 Å². The molecule has 1 aromatic rings. The summed E-state index contributed by atoms with van der Waals surface area (Å²) in [6.07, 6.45) is 8.69. The Bertz CT molecular complexity index is 660. The molecule has 0 aliphatic carbocycles. The Morgan fingerprint density at radius 1 is 1.32 bits per heavy atom. The van der Waals surface area contributed by atoms with E-state index in [2.05, 4.69) is 48.4 Å². The molecule has 126 valence electrons. The third kappa shape index (κ3) is 6.34. The van der Waals surface area contributed by atoms with Crippen LogP contribution < -0.4 is 15.9 Å². The fourth-order valence-electron chi connectivity index (χ4n) is 2.33. The molecule has 0 fully saturated rings. The number of rotatable bonds is 9. The van der Waals surface area contributed by atoms with Gasteiger partial charge in [-0.05, 0) is 51.2 Å². The number of nitrogens with zero attached hydrogens (tertiary/aromatic N) is 1. The number of sulfone groups is 1. The minimum absolute atomic E-state index is 0.0371. The molecule has 0 radical (unpaired) electrons. The Balaban J connectivity index is 2.96. The highest BCUT2D eigenvalue weighted by molar-refractivity contribution is 7.91. The minimum atomic E-state index is -3.02. The lowest BCUT2D eigenvalue weighted by Crippen LogP contribution is -2.27. The molecule has 0 bridgehead atoms. The van der Waals surface area contributed by atoms with Crippen molar-refractivity contribution in [3.05, 3.63) is 22.3 Å². The van der Waals surface area contributed by atoms with E-state index < -0.39 is 9.84 Å². The SMILES string of the molecule is CC/C=c1/[nH]cc(CCN(C)C)/c1=C/CCS(=O)(=O)CNC. The Hall–Kier alpha value is -1.11. The van der Waals surface area contributed by atoms with Crippen molar-refractivity contribution in [3.8, 4) is 0 Å². The van der Waals surface area contributed by atoms with Crippen LogP contribution >= 0.6 is 0 Å². The number of hydrogen-bond acceptors (Lipinski definition) is 4. The van der Waals surface area contributed by atoms with E-state index in [0.717, 1.165) is 30.0 Å². The van der Waals surface area contributed by atoms with Gasteiger partial charge in [-0.1, -0.05) is 19.1 Å². The molecular formula is C16H29N3O2S. The van der Waals surface area contributed by atoms with Crippen molar-refractivity contribution in [2.24, 2.45) is 0 Å². The van der Waals surface area contributed by atoms with Gasteiger partial charge in [-0.25, -0.2) is 8.42 Å². The molecule has 0 atom stereocenters. The first-order valence-electron chi connectivity index (χ1n) is 7.76. The number of aromatic nitrogens is 1. The first-order valence-corrected chi connectivity index (χ1v) is 9.58. The van der Waals surface area contributed by atoms with Gasteiger partial charge in [0.15, 0.2) is 9.84 Å². The molecule has 0 saturated heterocycles. The molecule has 22 heavy (non-hydrogen) atoms. The molecule has 0 aliphatic rings. The molecule has 1 rings (SSSR count). The molecule has 0 amide bonds. The van der Waals surface area contributed by atoms with Crippen molar-refractivity contribution in [2.45, 2.75) is 26.2 Å². The first kappa shape index (κ1) is 18.9. The van der Waals surface area contributed by atoms with Gasteiger partial charge in [0.1, 0.15) is 0 Å². The lowest BCUT2D eigenvalue weighted by atomic mass is 10.1. The predicted molar refractivity (Wildman–Crippen MR) is 93.9 cm³/mol. The molecule has 0 unspecified atom stereocenters. The molecule has 0 aliphatic heterocycles. The molecule has 1 aromatic heterocycles. The normalized spacial score (nSPS) is 14.2. The average Bonchev–Trinajstić information content (AvgIpc) is 2.79. The summed E-state index contributed by atoms with van der Waals surface area (Å²) in [6, 6.07) is 0. The van der Waals surface area contributed by atoms with Crippen LogP contribution in [0.4, 0.5) is 0 Å². The number of H-pyrrole nitrogens is 1. The number of likely N-dealkylation sites (N-methyl/N-ethyl adjacent to an activating group) is 1. The van der Waals surface area contributed by atoms with Crippen LogP contribution in [-0.2, 0) is 16.3 Å². The molecule has 2 N–H and O–H groups in total. The van der Waals surface area contributed by atoms with E-state index in [1.807, 2.05) is 6.20 Å².